The summed E-state index contributed by atoms with van der Waals surface area (Å²) in [7, 11) is 3.33. The van der Waals surface area contributed by atoms with Gasteiger partial charge in [-0.3, -0.25) is 9.79 Å². The Morgan fingerprint density at radius 1 is 1.03 bits per heavy atom. The zero-order valence-electron chi connectivity index (χ0n) is 17.3. The van der Waals surface area contributed by atoms with Crippen LogP contribution < -0.4 is 20.7 Å². The van der Waals surface area contributed by atoms with Crippen LogP contribution in [0, 0.1) is 0 Å². The maximum Gasteiger partial charge on any atom is 0.239 e. The standard InChI is InChI=1S/C22H30N4O2.HI/c1-17(9-10-18-7-5-4-6-8-18)26-22(23-2)25-16-21(27)24-15-19-11-13-20(28-3)14-12-19;/h4-8,11-14,17H,9-10,15-16H2,1-3H3,(H,24,27)(H2,23,25,26);1H. The van der Waals surface area contributed by atoms with Gasteiger partial charge in [-0.2, -0.15) is 0 Å². The highest BCUT2D eigenvalue weighted by molar-refractivity contribution is 14.0. The lowest BCUT2D eigenvalue weighted by Gasteiger charge is -2.18. The second-order valence-corrected chi connectivity index (χ2v) is 6.62. The molecular weight excluding hydrogens is 479 g/mol. The molecule has 7 heteroatoms. The summed E-state index contributed by atoms with van der Waals surface area (Å²) in [6.45, 7) is 2.75. The van der Waals surface area contributed by atoms with Gasteiger partial charge in [0.1, 0.15) is 5.75 Å². The number of benzene rings is 2. The zero-order valence-corrected chi connectivity index (χ0v) is 19.6. The number of carbonyl (C=O) groups is 1. The Bertz CT molecular complexity index is 751. The second kappa shape index (κ2) is 13.8. The van der Waals surface area contributed by atoms with Crippen molar-refractivity contribution in [3.8, 4) is 5.75 Å². The molecule has 0 spiro atoms. The monoisotopic (exact) mass is 510 g/mol. The first-order chi connectivity index (χ1) is 13.6. The molecule has 0 saturated carbocycles. The van der Waals surface area contributed by atoms with Crippen LogP contribution in [0.2, 0.25) is 0 Å². The highest BCUT2D eigenvalue weighted by Gasteiger charge is 2.08. The smallest absolute Gasteiger partial charge is 0.239 e. The minimum atomic E-state index is -0.0873. The van der Waals surface area contributed by atoms with Crippen LogP contribution in [-0.2, 0) is 17.8 Å². The molecule has 2 rings (SSSR count). The Morgan fingerprint density at radius 3 is 2.34 bits per heavy atom. The summed E-state index contributed by atoms with van der Waals surface area (Å²) in [6.07, 6.45) is 1.97. The summed E-state index contributed by atoms with van der Waals surface area (Å²) in [5.74, 6) is 1.34. The van der Waals surface area contributed by atoms with Crippen molar-refractivity contribution in [3.05, 3.63) is 65.7 Å². The molecule has 0 radical (unpaired) electrons. The number of nitrogens with one attached hydrogen (secondary N) is 3. The van der Waals surface area contributed by atoms with E-state index in [-0.39, 0.29) is 42.5 Å². The Labute approximate surface area is 190 Å². The van der Waals surface area contributed by atoms with E-state index < -0.39 is 0 Å². The number of rotatable bonds is 9. The summed E-state index contributed by atoms with van der Waals surface area (Å²) < 4.78 is 5.13. The number of nitrogens with zero attached hydrogens (tertiary/aromatic N) is 1. The van der Waals surface area contributed by atoms with E-state index in [4.69, 9.17) is 4.74 Å². The third-order valence-electron chi connectivity index (χ3n) is 4.38. The first-order valence-corrected chi connectivity index (χ1v) is 9.51. The Morgan fingerprint density at radius 2 is 1.72 bits per heavy atom. The Kier molecular flexibility index (Phi) is 11.8. The summed E-state index contributed by atoms with van der Waals surface area (Å²) in [5, 5.41) is 9.27. The van der Waals surface area contributed by atoms with Crippen molar-refractivity contribution in [2.75, 3.05) is 20.7 Å². The average molecular weight is 510 g/mol. The van der Waals surface area contributed by atoms with Crippen LogP contribution in [-0.4, -0.2) is 38.6 Å². The van der Waals surface area contributed by atoms with Crippen molar-refractivity contribution < 1.29 is 9.53 Å². The molecule has 0 aliphatic rings. The van der Waals surface area contributed by atoms with Gasteiger partial charge in [0, 0.05) is 19.6 Å². The molecule has 0 heterocycles. The summed E-state index contributed by atoms with van der Waals surface area (Å²) >= 11 is 0. The lowest BCUT2D eigenvalue weighted by Crippen LogP contribution is -2.46. The van der Waals surface area contributed by atoms with E-state index in [0.29, 0.717) is 12.5 Å². The van der Waals surface area contributed by atoms with Gasteiger partial charge in [-0.15, -0.1) is 24.0 Å². The molecule has 1 unspecified atom stereocenters. The quantitative estimate of drug-likeness (QED) is 0.276. The first kappa shape index (κ1) is 24.7. The van der Waals surface area contributed by atoms with Crippen molar-refractivity contribution in [1.82, 2.24) is 16.0 Å². The number of aliphatic imine (C=N–C) groups is 1. The summed E-state index contributed by atoms with van der Waals surface area (Å²) in [6, 6.07) is 18.3. The lowest BCUT2D eigenvalue weighted by atomic mass is 10.1. The zero-order chi connectivity index (χ0) is 20.2. The van der Waals surface area contributed by atoms with Gasteiger partial charge >= 0.3 is 0 Å². The minimum absolute atomic E-state index is 0. The first-order valence-electron chi connectivity index (χ1n) is 9.51. The average Bonchev–Trinajstić information content (AvgIpc) is 2.74. The molecule has 0 fully saturated rings. The van der Waals surface area contributed by atoms with Gasteiger partial charge in [0.05, 0.1) is 13.7 Å². The highest BCUT2D eigenvalue weighted by atomic mass is 127. The number of amides is 1. The molecule has 2 aromatic carbocycles. The van der Waals surface area contributed by atoms with Gasteiger partial charge < -0.3 is 20.7 Å². The van der Waals surface area contributed by atoms with E-state index in [0.717, 1.165) is 24.2 Å². The molecular formula is C22H31IN4O2. The number of aryl methyl sites for hydroxylation is 1. The van der Waals surface area contributed by atoms with Crippen LogP contribution in [0.15, 0.2) is 59.6 Å². The topological polar surface area (TPSA) is 74.8 Å². The number of hydrogen-bond acceptors (Lipinski definition) is 3. The van der Waals surface area contributed by atoms with E-state index in [1.54, 1.807) is 14.2 Å². The molecule has 0 saturated heterocycles. The number of carbonyl (C=O) groups excluding carboxylic acids is 1. The predicted octanol–water partition coefficient (Wildman–Crippen LogP) is 3.12. The summed E-state index contributed by atoms with van der Waals surface area (Å²) in [4.78, 5) is 16.3. The van der Waals surface area contributed by atoms with Gasteiger partial charge in [0.2, 0.25) is 5.91 Å². The van der Waals surface area contributed by atoms with Crippen LogP contribution in [0.25, 0.3) is 0 Å². The van der Waals surface area contributed by atoms with Crippen molar-refractivity contribution >= 4 is 35.8 Å². The Hall–Kier alpha value is -2.29. The molecule has 158 valence electrons. The molecule has 0 aliphatic carbocycles. The van der Waals surface area contributed by atoms with E-state index in [1.165, 1.54) is 5.56 Å². The fraction of sp³-hybridized carbons (Fsp3) is 0.364. The summed E-state index contributed by atoms with van der Waals surface area (Å²) in [5.41, 5.74) is 2.34. The molecule has 6 nitrogen and oxygen atoms in total. The third kappa shape index (κ3) is 9.65. The van der Waals surface area contributed by atoms with Crippen LogP contribution in [0.1, 0.15) is 24.5 Å². The van der Waals surface area contributed by atoms with Crippen LogP contribution in [0.5, 0.6) is 5.75 Å². The highest BCUT2D eigenvalue weighted by Crippen LogP contribution is 2.10. The fourth-order valence-corrected chi connectivity index (χ4v) is 2.70. The largest absolute Gasteiger partial charge is 0.497 e. The third-order valence-corrected chi connectivity index (χ3v) is 4.38. The Balaban J connectivity index is 0.00000420. The van der Waals surface area contributed by atoms with Crippen LogP contribution >= 0.6 is 24.0 Å². The van der Waals surface area contributed by atoms with Gasteiger partial charge in [-0.25, -0.2) is 0 Å². The van der Waals surface area contributed by atoms with Crippen molar-refractivity contribution in [2.24, 2.45) is 4.99 Å². The second-order valence-electron chi connectivity index (χ2n) is 6.62. The van der Waals surface area contributed by atoms with E-state index >= 15 is 0 Å². The normalized spacial score (nSPS) is 11.8. The SMILES string of the molecule is CN=C(NCC(=O)NCc1ccc(OC)cc1)NC(C)CCc1ccccc1.I. The van der Waals surface area contributed by atoms with Gasteiger partial charge in [0.15, 0.2) is 5.96 Å². The number of halogens is 1. The molecule has 0 aliphatic heterocycles. The minimum Gasteiger partial charge on any atom is -0.497 e. The molecule has 29 heavy (non-hydrogen) atoms. The fourth-order valence-electron chi connectivity index (χ4n) is 2.70. The van der Waals surface area contributed by atoms with Gasteiger partial charge in [0.25, 0.3) is 0 Å². The van der Waals surface area contributed by atoms with E-state index in [9.17, 15) is 4.79 Å². The van der Waals surface area contributed by atoms with Crippen LogP contribution in [0.4, 0.5) is 0 Å². The van der Waals surface area contributed by atoms with Gasteiger partial charge in [-0.1, -0.05) is 42.5 Å². The van der Waals surface area contributed by atoms with Crippen molar-refractivity contribution in [3.63, 3.8) is 0 Å². The molecule has 0 bridgehead atoms. The molecule has 2 aromatic rings. The maximum absolute atomic E-state index is 12.1. The molecule has 1 atom stereocenters. The lowest BCUT2D eigenvalue weighted by molar-refractivity contribution is -0.120. The number of ether oxygens (including phenoxy) is 1. The van der Waals surface area contributed by atoms with E-state index in [2.05, 4.69) is 52.1 Å². The van der Waals surface area contributed by atoms with Crippen molar-refractivity contribution in [2.45, 2.75) is 32.4 Å². The number of guanidine groups is 1. The van der Waals surface area contributed by atoms with Gasteiger partial charge in [-0.05, 0) is 43.0 Å². The number of hydrogen-bond donors (Lipinski definition) is 3. The van der Waals surface area contributed by atoms with Crippen molar-refractivity contribution in [1.29, 1.82) is 0 Å². The molecule has 3 N–H and O–H groups in total. The molecule has 0 aromatic heterocycles. The van der Waals surface area contributed by atoms with E-state index in [1.807, 2.05) is 30.3 Å². The van der Waals surface area contributed by atoms with Crippen LogP contribution in [0.3, 0.4) is 0 Å². The predicted molar refractivity (Wildman–Crippen MR) is 129 cm³/mol. The molecule has 1 amide bonds. The number of methoxy groups -OCH3 is 1. The maximum atomic E-state index is 12.1.